The molecule has 0 aliphatic carbocycles. The predicted molar refractivity (Wildman–Crippen MR) is 88.8 cm³/mol. The van der Waals surface area contributed by atoms with Gasteiger partial charge in [0.15, 0.2) is 5.75 Å². The fraction of sp³-hybridized carbons (Fsp3) is 0.438. The molecule has 1 unspecified atom stereocenters. The fourth-order valence-corrected chi connectivity index (χ4v) is 2.94. The molecule has 0 aliphatic heterocycles. The van der Waals surface area contributed by atoms with Gasteiger partial charge in [0, 0.05) is 10.5 Å². The molecule has 0 radical (unpaired) electrons. The first-order valence-electron chi connectivity index (χ1n) is 7.10. The highest BCUT2D eigenvalue weighted by Gasteiger charge is 2.22. The second-order valence-corrected chi connectivity index (χ2v) is 6.23. The van der Waals surface area contributed by atoms with Crippen LogP contribution in [-0.2, 0) is 6.42 Å². The summed E-state index contributed by atoms with van der Waals surface area (Å²) in [5.41, 5.74) is 2.36. The fourth-order valence-electron chi connectivity index (χ4n) is 2.49. The first-order chi connectivity index (χ1) is 10.1. The van der Waals surface area contributed by atoms with Gasteiger partial charge in [-0.25, -0.2) is 0 Å². The van der Waals surface area contributed by atoms with E-state index in [0.29, 0.717) is 6.04 Å². The van der Waals surface area contributed by atoms with Gasteiger partial charge in [-0.1, -0.05) is 28.1 Å². The summed E-state index contributed by atoms with van der Waals surface area (Å²) in [6.45, 7) is 4.25. The Morgan fingerprint density at radius 3 is 2.71 bits per heavy atom. The maximum atomic E-state index is 5.49. The first-order valence-corrected chi connectivity index (χ1v) is 7.89. The Labute approximate surface area is 134 Å². The van der Waals surface area contributed by atoms with Crippen LogP contribution in [0, 0.1) is 0 Å². The van der Waals surface area contributed by atoms with E-state index in [0.717, 1.165) is 22.3 Å². The lowest BCUT2D eigenvalue weighted by Crippen LogP contribution is -2.24. The van der Waals surface area contributed by atoms with Gasteiger partial charge in [0.2, 0.25) is 0 Å². The van der Waals surface area contributed by atoms with Gasteiger partial charge in [0.05, 0.1) is 25.0 Å². The van der Waals surface area contributed by atoms with Crippen molar-refractivity contribution in [2.24, 2.45) is 0 Å². The maximum Gasteiger partial charge on any atom is 0.161 e. The monoisotopic (exact) mass is 351 g/mol. The van der Waals surface area contributed by atoms with E-state index in [1.165, 1.54) is 5.56 Å². The summed E-state index contributed by atoms with van der Waals surface area (Å²) in [6, 6.07) is 8.83. The SMILES string of the molecule is CNC(Cc1cccc(Br)c1)c1c(OC)cnn1C(C)C. The summed E-state index contributed by atoms with van der Waals surface area (Å²) in [5, 5.41) is 7.84. The first kappa shape index (κ1) is 16.0. The normalized spacial score (nSPS) is 12.7. The molecule has 1 heterocycles. The molecule has 1 aromatic heterocycles. The quantitative estimate of drug-likeness (QED) is 0.861. The van der Waals surface area contributed by atoms with Crippen molar-refractivity contribution in [1.82, 2.24) is 15.1 Å². The van der Waals surface area contributed by atoms with Crippen molar-refractivity contribution >= 4 is 15.9 Å². The Bertz CT molecular complexity index is 595. The second-order valence-electron chi connectivity index (χ2n) is 5.31. The Morgan fingerprint density at radius 2 is 2.14 bits per heavy atom. The summed E-state index contributed by atoms with van der Waals surface area (Å²) < 4.78 is 8.61. The molecule has 0 amide bonds. The van der Waals surface area contributed by atoms with E-state index in [4.69, 9.17) is 4.74 Å². The Morgan fingerprint density at radius 1 is 1.38 bits per heavy atom. The molecule has 0 bridgehead atoms. The van der Waals surface area contributed by atoms with Crippen molar-refractivity contribution in [3.63, 3.8) is 0 Å². The van der Waals surface area contributed by atoms with Crippen LogP contribution < -0.4 is 10.1 Å². The van der Waals surface area contributed by atoms with Gasteiger partial charge in [-0.15, -0.1) is 0 Å². The van der Waals surface area contributed by atoms with E-state index < -0.39 is 0 Å². The van der Waals surface area contributed by atoms with Gasteiger partial charge in [-0.2, -0.15) is 5.10 Å². The smallest absolute Gasteiger partial charge is 0.161 e. The van der Waals surface area contributed by atoms with Gasteiger partial charge in [0.25, 0.3) is 0 Å². The Kier molecular flexibility index (Phi) is 5.42. The number of hydrogen-bond acceptors (Lipinski definition) is 3. The largest absolute Gasteiger partial charge is 0.493 e. The number of nitrogens with zero attached hydrogens (tertiary/aromatic N) is 2. The number of halogens is 1. The molecule has 114 valence electrons. The molecular formula is C16H22BrN3O. The summed E-state index contributed by atoms with van der Waals surface area (Å²) in [5.74, 6) is 0.832. The molecule has 2 rings (SSSR count). The highest BCUT2D eigenvalue weighted by Crippen LogP contribution is 2.30. The number of rotatable bonds is 6. The van der Waals surface area contributed by atoms with Gasteiger partial charge >= 0.3 is 0 Å². The average molecular weight is 352 g/mol. The third kappa shape index (κ3) is 3.66. The lowest BCUT2D eigenvalue weighted by Gasteiger charge is -2.21. The summed E-state index contributed by atoms with van der Waals surface area (Å²) in [7, 11) is 3.66. The lowest BCUT2D eigenvalue weighted by molar-refractivity contribution is 0.388. The predicted octanol–water partition coefficient (Wildman–Crippen LogP) is 3.74. The Balaban J connectivity index is 2.35. The number of aromatic nitrogens is 2. The zero-order valence-corrected chi connectivity index (χ0v) is 14.5. The highest BCUT2D eigenvalue weighted by atomic mass is 79.9. The zero-order valence-electron chi connectivity index (χ0n) is 12.9. The number of hydrogen-bond donors (Lipinski definition) is 1. The average Bonchev–Trinajstić information content (AvgIpc) is 2.88. The molecule has 2 aromatic rings. The van der Waals surface area contributed by atoms with Crippen molar-refractivity contribution in [1.29, 1.82) is 0 Å². The number of ether oxygens (including phenoxy) is 1. The van der Waals surface area contributed by atoms with Crippen LogP contribution in [-0.4, -0.2) is 23.9 Å². The third-order valence-electron chi connectivity index (χ3n) is 3.52. The van der Waals surface area contributed by atoms with Gasteiger partial charge in [-0.05, 0) is 45.0 Å². The molecule has 0 fully saturated rings. The van der Waals surface area contributed by atoms with Gasteiger partial charge < -0.3 is 10.1 Å². The molecule has 21 heavy (non-hydrogen) atoms. The van der Waals surface area contributed by atoms with E-state index in [1.54, 1.807) is 13.3 Å². The molecule has 1 atom stereocenters. The van der Waals surface area contributed by atoms with Crippen LogP contribution in [0.4, 0.5) is 0 Å². The van der Waals surface area contributed by atoms with Crippen LogP contribution >= 0.6 is 15.9 Å². The third-order valence-corrected chi connectivity index (χ3v) is 4.01. The van der Waals surface area contributed by atoms with Crippen LogP contribution in [0.2, 0.25) is 0 Å². The highest BCUT2D eigenvalue weighted by molar-refractivity contribution is 9.10. The number of benzene rings is 1. The van der Waals surface area contributed by atoms with Crippen molar-refractivity contribution in [2.75, 3.05) is 14.2 Å². The molecule has 4 nitrogen and oxygen atoms in total. The van der Waals surface area contributed by atoms with E-state index >= 15 is 0 Å². The van der Waals surface area contributed by atoms with Crippen molar-refractivity contribution in [3.05, 3.63) is 46.2 Å². The van der Waals surface area contributed by atoms with Crippen LogP contribution in [0.3, 0.4) is 0 Å². The molecule has 5 heteroatoms. The molecule has 1 N–H and O–H groups in total. The Hall–Kier alpha value is -1.33. The van der Waals surface area contributed by atoms with E-state index in [1.807, 2.05) is 17.8 Å². The molecular weight excluding hydrogens is 330 g/mol. The number of methoxy groups -OCH3 is 1. The van der Waals surface area contributed by atoms with Gasteiger partial charge in [0.1, 0.15) is 0 Å². The summed E-state index contributed by atoms with van der Waals surface area (Å²) in [6.07, 6.45) is 2.67. The summed E-state index contributed by atoms with van der Waals surface area (Å²) >= 11 is 3.53. The molecule has 0 aliphatic rings. The van der Waals surface area contributed by atoms with E-state index in [-0.39, 0.29) is 6.04 Å². The minimum Gasteiger partial charge on any atom is -0.493 e. The standard InChI is InChI=1S/C16H22BrN3O/c1-11(2)20-16(15(21-4)10-19-20)14(18-3)9-12-6-5-7-13(17)8-12/h5-8,10-11,14,18H,9H2,1-4H3. The van der Waals surface area contributed by atoms with Crippen LogP contribution in [0.15, 0.2) is 34.9 Å². The van der Waals surface area contributed by atoms with Crippen molar-refractivity contribution < 1.29 is 4.74 Å². The second kappa shape index (κ2) is 7.09. The molecule has 0 saturated carbocycles. The maximum absolute atomic E-state index is 5.49. The van der Waals surface area contributed by atoms with Crippen LogP contribution in [0.1, 0.15) is 37.2 Å². The minimum absolute atomic E-state index is 0.152. The van der Waals surface area contributed by atoms with E-state index in [2.05, 4.69) is 58.4 Å². The van der Waals surface area contributed by atoms with Crippen molar-refractivity contribution in [2.45, 2.75) is 32.4 Å². The van der Waals surface area contributed by atoms with Gasteiger partial charge in [-0.3, -0.25) is 4.68 Å². The molecule has 0 spiro atoms. The van der Waals surface area contributed by atoms with Crippen molar-refractivity contribution in [3.8, 4) is 5.75 Å². The summed E-state index contributed by atoms with van der Waals surface area (Å²) in [4.78, 5) is 0. The molecule has 0 saturated heterocycles. The lowest BCUT2D eigenvalue weighted by atomic mass is 10.0. The topological polar surface area (TPSA) is 39.1 Å². The van der Waals surface area contributed by atoms with Crippen LogP contribution in [0.25, 0.3) is 0 Å². The minimum atomic E-state index is 0.152. The number of nitrogens with one attached hydrogen (secondary N) is 1. The molecule has 1 aromatic carbocycles. The van der Waals surface area contributed by atoms with E-state index in [9.17, 15) is 0 Å². The number of likely N-dealkylation sites (N-methyl/N-ethyl adjacent to an activating group) is 1. The van der Waals surface area contributed by atoms with Crippen LogP contribution in [0.5, 0.6) is 5.75 Å². The zero-order chi connectivity index (χ0) is 15.4.